The van der Waals surface area contributed by atoms with Crippen LogP contribution in [0.5, 0.6) is 5.75 Å². The Labute approximate surface area is 222 Å². The lowest BCUT2D eigenvalue weighted by atomic mass is 10.0. The standard InChI is InChI=1S/C32H30N2O4/c1-23-30(33-32(38-23)26-10-6-3-7-11-26)18-19-37-28-15-12-24(13-16-28)20-34-21-27(14-17-31(35)36)29(22-34)25-8-4-2-5-9-25/h2-13,15-16,21-22H,14,17-20H2,1H3,(H,35,36). The zero-order valence-electron chi connectivity index (χ0n) is 21.3. The molecule has 5 rings (SSSR count). The largest absolute Gasteiger partial charge is 0.493 e. The Morgan fingerprint density at radius 3 is 2.26 bits per heavy atom. The molecule has 2 heterocycles. The zero-order valence-corrected chi connectivity index (χ0v) is 21.3. The van der Waals surface area contributed by atoms with Crippen LogP contribution in [0.1, 0.15) is 29.0 Å². The molecule has 5 aromatic rings. The van der Waals surface area contributed by atoms with Crippen LogP contribution in [0.15, 0.2) is 102 Å². The minimum Gasteiger partial charge on any atom is -0.493 e. The maximum Gasteiger partial charge on any atom is 0.303 e. The van der Waals surface area contributed by atoms with Crippen LogP contribution in [0.3, 0.4) is 0 Å². The first-order valence-corrected chi connectivity index (χ1v) is 12.7. The second kappa shape index (κ2) is 11.6. The Kier molecular flexibility index (Phi) is 7.69. The van der Waals surface area contributed by atoms with E-state index in [1.54, 1.807) is 0 Å². The van der Waals surface area contributed by atoms with Gasteiger partial charge < -0.3 is 18.8 Å². The van der Waals surface area contributed by atoms with Crippen molar-refractivity contribution in [3.05, 3.63) is 120 Å². The number of carboxylic acid groups (broad SMARTS) is 1. The fourth-order valence-electron chi connectivity index (χ4n) is 4.50. The van der Waals surface area contributed by atoms with Crippen molar-refractivity contribution in [3.63, 3.8) is 0 Å². The van der Waals surface area contributed by atoms with E-state index in [0.29, 0.717) is 31.9 Å². The summed E-state index contributed by atoms with van der Waals surface area (Å²) in [6, 6.07) is 28.1. The first-order valence-electron chi connectivity index (χ1n) is 12.7. The molecule has 0 saturated heterocycles. The summed E-state index contributed by atoms with van der Waals surface area (Å²) >= 11 is 0. The molecule has 6 heteroatoms. The van der Waals surface area contributed by atoms with E-state index in [1.165, 1.54) is 0 Å². The Morgan fingerprint density at radius 2 is 1.58 bits per heavy atom. The van der Waals surface area contributed by atoms with Crippen molar-refractivity contribution in [1.82, 2.24) is 9.55 Å². The van der Waals surface area contributed by atoms with Crippen molar-refractivity contribution in [2.75, 3.05) is 6.61 Å². The number of carbonyl (C=O) groups is 1. The smallest absolute Gasteiger partial charge is 0.303 e. The Balaban J connectivity index is 1.20. The van der Waals surface area contributed by atoms with Crippen LogP contribution in [0.25, 0.3) is 22.6 Å². The van der Waals surface area contributed by atoms with E-state index in [2.05, 4.69) is 46.2 Å². The average molecular weight is 507 g/mol. The maximum absolute atomic E-state index is 11.2. The molecule has 0 fully saturated rings. The summed E-state index contributed by atoms with van der Waals surface area (Å²) < 4.78 is 13.9. The van der Waals surface area contributed by atoms with Crippen LogP contribution in [0.4, 0.5) is 0 Å². The molecule has 0 aliphatic rings. The van der Waals surface area contributed by atoms with Crippen LogP contribution in [-0.4, -0.2) is 27.2 Å². The summed E-state index contributed by atoms with van der Waals surface area (Å²) in [5, 5.41) is 9.17. The molecule has 0 bridgehead atoms. The first kappa shape index (κ1) is 25.1. The van der Waals surface area contributed by atoms with Gasteiger partial charge in [0.05, 0.1) is 12.3 Å². The van der Waals surface area contributed by atoms with Gasteiger partial charge in [0.2, 0.25) is 5.89 Å². The monoisotopic (exact) mass is 506 g/mol. The molecule has 0 unspecified atom stereocenters. The average Bonchev–Trinajstić information content (AvgIpc) is 3.52. The Morgan fingerprint density at radius 1 is 0.895 bits per heavy atom. The Hall–Kier alpha value is -4.58. The van der Waals surface area contributed by atoms with Crippen LogP contribution < -0.4 is 4.74 Å². The van der Waals surface area contributed by atoms with Gasteiger partial charge in [-0.05, 0) is 54.3 Å². The van der Waals surface area contributed by atoms with E-state index < -0.39 is 5.97 Å². The third kappa shape index (κ3) is 6.21. The van der Waals surface area contributed by atoms with Crippen LogP contribution >= 0.6 is 0 Å². The molecule has 0 radical (unpaired) electrons. The molecule has 0 atom stereocenters. The number of oxazole rings is 1. The van der Waals surface area contributed by atoms with Gasteiger partial charge in [-0.1, -0.05) is 60.7 Å². The molecule has 38 heavy (non-hydrogen) atoms. The van der Waals surface area contributed by atoms with Gasteiger partial charge in [-0.25, -0.2) is 4.98 Å². The highest BCUT2D eigenvalue weighted by molar-refractivity contribution is 5.70. The number of aromatic nitrogens is 2. The number of hydrogen-bond donors (Lipinski definition) is 1. The van der Waals surface area contributed by atoms with E-state index in [0.717, 1.165) is 45.0 Å². The van der Waals surface area contributed by atoms with Crippen molar-refractivity contribution in [2.45, 2.75) is 32.7 Å². The van der Waals surface area contributed by atoms with E-state index in [9.17, 15) is 4.79 Å². The molecule has 3 aromatic carbocycles. The fraction of sp³-hybridized carbons (Fsp3) is 0.188. The molecule has 2 aromatic heterocycles. The Bertz CT molecular complexity index is 1490. The van der Waals surface area contributed by atoms with Crippen molar-refractivity contribution in [2.24, 2.45) is 0 Å². The van der Waals surface area contributed by atoms with Gasteiger partial charge in [0.15, 0.2) is 0 Å². The molecule has 0 amide bonds. The number of ether oxygens (including phenoxy) is 1. The summed E-state index contributed by atoms with van der Waals surface area (Å²) in [6.45, 7) is 3.13. The molecule has 6 nitrogen and oxygen atoms in total. The molecule has 0 spiro atoms. The van der Waals surface area contributed by atoms with Crippen molar-refractivity contribution in [3.8, 4) is 28.3 Å². The van der Waals surface area contributed by atoms with Crippen LogP contribution in [0.2, 0.25) is 0 Å². The van der Waals surface area contributed by atoms with E-state index in [1.807, 2.05) is 67.6 Å². The summed E-state index contributed by atoms with van der Waals surface area (Å²) in [5.41, 5.74) is 6.21. The van der Waals surface area contributed by atoms with Crippen molar-refractivity contribution in [1.29, 1.82) is 0 Å². The highest BCUT2D eigenvalue weighted by Gasteiger charge is 2.13. The van der Waals surface area contributed by atoms with Crippen LogP contribution in [-0.2, 0) is 24.2 Å². The van der Waals surface area contributed by atoms with Crippen molar-refractivity contribution < 1.29 is 19.1 Å². The predicted molar refractivity (Wildman–Crippen MR) is 147 cm³/mol. The number of aryl methyl sites for hydroxylation is 2. The molecular formula is C32H30N2O4. The highest BCUT2D eigenvalue weighted by Crippen LogP contribution is 2.27. The molecule has 192 valence electrons. The number of rotatable bonds is 11. The summed E-state index contributed by atoms with van der Waals surface area (Å²) in [4.78, 5) is 15.8. The molecule has 0 aliphatic heterocycles. The molecule has 0 aliphatic carbocycles. The van der Waals surface area contributed by atoms with Crippen molar-refractivity contribution >= 4 is 5.97 Å². The third-order valence-electron chi connectivity index (χ3n) is 6.47. The highest BCUT2D eigenvalue weighted by atomic mass is 16.5. The summed E-state index contributed by atoms with van der Waals surface area (Å²) in [7, 11) is 0. The molecule has 0 saturated carbocycles. The van der Waals surface area contributed by atoms with Gasteiger partial charge in [-0.3, -0.25) is 4.79 Å². The van der Waals surface area contributed by atoms with Crippen LogP contribution in [0, 0.1) is 6.92 Å². The number of benzene rings is 3. The van der Waals surface area contributed by atoms with Gasteiger partial charge in [0.25, 0.3) is 0 Å². The molecular weight excluding hydrogens is 476 g/mol. The number of carboxylic acids is 1. The lowest BCUT2D eigenvalue weighted by molar-refractivity contribution is -0.136. The van der Waals surface area contributed by atoms with Gasteiger partial charge in [0.1, 0.15) is 11.5 Å². The van der Waals surface area contributed by atoms with E-state index in [4.69, 9.17) is 14.3 Å². The minimum absolute atomic E-state index is 0.108. The lowest BCUT2D eigenvalue weighted by Crippen LogP contribution is -2.03. The second-order valence-electron chi connectivity index (χ2n) is 9.26. The maximum atomic E-state index is 11.2. The normalized spacial score (nSPS) is 11.0. The van der Waals surface area contributed by atoms with Gasteiger partial charge in [-0.15, -0.1) is 0 Å². The second-order valence-corrected chi connectivity index (χ2v) is 9.26. The number of hydrogen-bond acceptors (Lipinski definition) is 4. The fourth-order valence-corrected chi connectivity index (χ4v) is 4.50. The topological polar surface area (TPSA) is 77.5 Å². The zero-order chi connectivity index (χ0) is 26.3. The number of aliphatic carboxylic acids is 1. The first-order chi connectivity index (χ1) is 18.5. The minimum atomic E-state index is -0.789. The van der Waals surface area contributed by atoms with E-state index >= 15 is 0 Å². The van der Waals surface area contributed by atoms with E-state index in [-0.39, 0.29) is 6.42 Å². The molecule has 1 N–H and O–H groups in total. The lowest BCUT2D eigenvalue weighted by Gasteiger charge is -2.07. The predicted octanol–water partition coefficient (Wildman–Crippen LogP) is 6.81. The number of nitrogens with zero attached hydrogens (tertiary/aromatic N) is 2. The SMILES string of the molecule is Cc1oc(-c2ccccc2)nc1CCOc1ccc(Cn2cc(CCC(=O)O)c(-c3ccccc3)c2)cc1. The quantitative estimate of drug-likeness (QED) is 0.213. The summed E-state index contributed by atoms with van der Waals surface area (Å²) in [5.74, 6) is 1.46. The summed E-state index contributed by atoms with van der Waals surface area (Å²) in [6.07, 6.45) is 5.42. The van der Waals surface area contributed by atoms with Gasteiger partial charge in [0, 0.05) is 42.9 Å². The van der Waals surface area contributed by atoms with Gasteiger partial charge >= 0.3 is 5.97 Å². The third-order valence-corrected chi connectivity index (χ3v) is 6.47. The van der Waals surface area contributed by atoms with Gasteiger partial charge in [-0.2, -0.15) is 0 Å².